The van der Waals surface area contributed by atoms with Gasteiger partial charge in [-0.15, -0.1) is 0 Å². The summed E-state index contributed by atoms with van der Waals surface area (Å²) in [5.74, 6) is 0.159. The normalized spacial score (nSPS) is 11.6. The fourth-order valence-corrected chi connectivity index (χ4v) is 1.95. The van der Waals surface area contributed by atoms with E-state index in [2.05, 4.69) is 18.5 Å². The van der Waals surface area contributed by atoms with Gasteiger partial charge >= 0.3 is 0 Å². The molecule has 0 heterocycles. The molecule has 1 N–H and O–H groups in total. The molecule has 1 amide bonds. The van der Waals surface area contributed by atoms with Gasteiger partial charge in [-0.1, -0.05) is 68.4 Å². The van der Waals surface area contributed by atoms with Crippen LogP contribution in [0.25, 0.3) is 0 Å². The number of carbonyl (C=O) groups excluding carboxylic acids is 1. The highest BCUT2D eigenvalue weighted by Crippen LogP contribution is 2.28. The van der Waals surface area contributed by atoms with Gasteiger partial charge < -0.3 is 10.1 Å². The zero-order valence-electron chi connectivity index (χ0n) is 13.7. The number of nitrogens with one attached hydrogen (secondary N) is 1. The second kappa shape index (κ2) is 11.8. The predicted octanol–water partition coefficient (Wildman–Crippen LogP) is 5.20. The number of ether oxygens (including phenoxy) is 1. The summed E-state index contributed by atoms with van der Waals surface area (Å²) in [5.41, 5.74) is 0.857. The Labute approximate surface area is 148 Å². The van der Waals surface area contributed by atoms with Crippen molar-refractivity contribution in [2.45, 2.75) is 26.9 Å². The maximum Gasteiger partial charge on any atom is 0.261 e. The van der Waals surface area contributed by atoms with E-state index in [1.54, 1.807) is 43.4 Å². The Hall–Kier alpha value is -1.71. The molecule has 1 rings (SSSR count). The Morgan fingerprint density at radius 3 is 2.52 bits per heavy atom. The Balaban J connectivity index is 0.00000232. The van der Waals surface area contributed by atoms with Crippen molar-refractivity contribution in [1.82, 2.24) is 5.32 Å². The van der Waals surface area contributed by atoms with Gasteiger partial charge in [0.05, 0.1) is 5.02 Å². The highest BCUT2D eigenvalue weighted by Gasteiger charge is 2.15. The van der Waals surface area contributed by atoms with E-state index >= 15 is 0 Å². The van der Waals surface area contributed by atoms with Crippen molar-refractivity contribution in [3.8, 4) is 5.75 Å². The summed E-state index contributed by atoms with van der Waals surface area (Å²) < 4.78 is 5.52. The van der Waals surface area contributed by atoms with E-state index in [0.717, 1.165) is 5.57 Å². The number of amides is 1. The molecule has 3 nitrogen and oxygen atoms in total. The Morgan fingerprint density at radius 2 is 2.00 bits per heavy atom. The van der Waals surface area contributed by atoms with E-state index in [1.807, 2.05) is 13.8 Å². The molecular formula is C18H23Cl2NO2. The molecule has 1 unspecified atom stereocenters. The third kappa shape index (κ3) is 7.91. The standard InChI is InChI=1S/C16H17Cl2NO2.C2H6/c1-4-6-12(5-2)10-19-16(20)11(3)21-15-8-7-13(17)9-14(15)18;1-2/h4-9,11H,1-2,10H2,3H3,(H,19,20);1-2H3/b12-6+;. The summed E-state index contributed by atoms with van der Waals surface area (Å²) >= 11 is 11.8. The van der Waals surface area contributed by atoms with Crippen molar-refractivity contribution < 1.29 is 9.53 Å². The highest BCUT2D eigenvalue weighted by molar-refractivity contribution is 6.35. The van der Waals surface area contributed by atoms with Gasteiger partial charge in [0.1, 0.15) is 5.75 Å². The van der Waals surface area contributed by atoms with Crippen LogP contribution in [0.4, 0.5) is 0 Å². The number of allylic oxidation sites excluding steroid dienone is 2. The summed E-state index contributed by atoms with van der Waals surface area (Å²) in [4.78, 5) is 12.0. The summed E-state index contributed by atoms with van der Waals surface area (Å²) in [5, 5.41) is 3.62. The number of hydrogen-bond donors (Lipinski definition) is 1. The molecule has 0 saturated heterocycles. The molecule has 5 heteroatoms. The van der Waals surface area contributed by atoms with Crippen LogP contribution in [-0.2, 0) is 4.79 Å². The van der Waals surface area contributed by atoms with Crippen molar-refractivity contribution in [2.24, 2.45) is 0 Å². The number of benzene rings is 1. The van der Waals surface area contributed by atoms with Gasteiger partial charge in [-0.2, -0.15) is 0 Å². The van der Waals surface area contributed by atoms with Crippen molar-refractivity contribution in [2.75, 3.05) is 6.54 Å². The third-order valence-corrected chi connectivity index (χ3v) is 3.16. The van der Waals surface area contributed by atoms with Crippen molar-refractivity contribution in [3.63, 3.8) is 0 Å². The number of halogens is 2. The molecule has 1 aromatic rings. The molecule has 0 saturated carbocycles. The van der Waals surface area contributed by atoms with Crippen LogP contribution in [0.5, 0.6) is 5.75 Å². The molecule has 0 aliphatic rings. The Kier molecular flexibility index (Phi) is 10.9. The lowest BCUT2D eigenvalue weighted by Crippen LogP contribution is -2.37. The van der Waals surface area contributed by atoms with Crippen molar-refractivity contribution in [1.29, 1.82) is 0 Å². The number of rotatable bonds is 7. The van der Waals surface area contributed by atoms with Crippen LogP contribution < -0.4 is 10.1 Å². The average molecular weight is 356 g/mol. The van der Waals surface area contributed by atoms with Crippen LogP contribution in [0.3, 0.4) is 0 Å². The van der Waals surface area contributed by atoms with Gasteiger partial charge in [0, 0.05) is 11.6 Å². The summed E-state index contributed by atoms with van der Waals surface area (Å²) in [6, 6.07) is 4.84. The minimum absolute atomic E-state index is 0.252. The van der Waals surface area contributed by atoms with Gasteiger partial charge in [-0.3, -0.25) is 4.79 Å². The van der Waals surface area contributed by atoms with E-state index in [4.69, 9.17) is 27.9 Å². The lowest BCUT2D eigenvalue weighted by Gasteiger charge is -2.16. The van der Waals surface area contributed by atoms with Crippen LogP contribution in [0.2, 0.25) is 10.0 Å². The first-order valence-corrected chi connectivity index (χ1v) is 8.07. The lowest BCUT2D eigenvalue weighted by atomic mass is 10.2. The summed E-state index contributed by atoms with van der Waals surface area (Å²) in [6.45, 7) is 13.3. The topological polar surface area (TPSA) is 38.3 Å². The molecular weight excluding hydrogens is 333 g/mol. The van der Waals surface area contributed by atoms with Crippen LogP contribution in [-0.4, -0.2) is 18.6 Å². The van der Waals surface area contributed by atoms with Crippen LogP contribution in [0, 0.1) is 0 Å². The molecule has 0 aliphatic carbocycles. The maximum atomic E-state index is 12.0. The minimum Gasteiger partial charge on any atom is -0.479 e. The van der Waals surface area contributed by atoms with Crippen LogP contribution in [0.15, 0.2) is 55.2 Å². The van der Waals surface area contributed by atoms with E-state index in [1.165, 1.54) is 0 Å². The monoisotopic (exact) mass is 355 g/mol. The molecule has 1 aromatic carbocycles. The summed E-state index contributed by atoms with van der Waals surface area (Å²) in [7, 11) is 0. The van der Waals surface area contributed by atoms with Crippen LogP contribution in [0.1, 0.15) is 20.8 Å². The molecule has 0 radical (unpaired) electrons. The predicted molar refractivity (Wildman–Crippen MR) is 99.4 cm³/mol. The lowest BCUT2D eigenvalue weighted by molar-refractivity contribution is -0.127. The zero-order chi connectivity index (χ0) is 17.8. The largest absolute Gasteiger partial charge is 0.479 e. The number of hydrogen-bond acceptors (Lipinski definition) is 2. The van der Waals surface area contributed by atoms with E-state index in [-0.39, 0.29) is 5.91 Å². The van der Waals surface area contributed by atoms with E-state index in [0.29, 0.717) is 22.3 Å². The molecule has 0 bridgehead atoms. The molecule has 23 heavy (non-hydrogen) atoms. The molecule has 1 atom stereocenters. The molecule has 126 valence electrons. The first-order valence-electron chi connectivity index (χ1n) is 7.31. The molecule has 0 spiro atoms. The Bertz CT molecular complexity index is 568. The fraction of sp³-hybridized carbons (Fsp3) is 0.278. The smallest absolute Gasteiger partial charge is 0.261 e. The van der Waals surface area contributed by atoms with Gasteiger partial charge in [0.2, 0.25) is 0 Å². The number of carbonyl (C=O) groups is 1. The average Bonchev–Trinajstić information content (AvgIpc) is 2.55. The first-order chi connectivity index (χ1) is 11.0. The van der Waals surface area contributed by atoms with Crippen LogP contribution >= 0.6 is 23.2 Å². The third-order valence-electron chi connectivity index (χ3n) is 2.63. The minimum atomic E-state index is -0.682. The van der Waals surface area contributed by atoms with E-state index in [9.17, 15) is 4.79 Å². The van der Waals surface area contributed by atoms with Gasteiger partial charge in [0.25, 0.3) is 5.91 Å². The molecule has 0 aromatic heterocycles. The Morgan fingerprint density at radius 1 is 1.35 bits per heavy atom. The second-order valence-electron chi connectivity index (χ2n) is 4.23. The molecule has 0 aliphatic heterocycles. The summed E-state index contributed by atoms with van der Waals surface area (Å²) in [6.07, 6.45) is 4.38. The van der Waals surface area contributed by atoms with Gasteiger partial charge in [-0.25, -0.2) is 0 Å². The van der Waals surface area contributed by atoms with Crippen molar-refractivity contribution in [3.05, 3.63) is 65.2 Å². The second-order valence-corrected chi connectivity index (χ2v) is 5.08. The van der Waals surface area contributed by atoms with Crippen molar-refractivity contribution >= 4 is 29.1 Å². The van der Waals surface area contributed by atoms with Gasteiger partial charge in [0.15, 0.2) is 6.10 Å². The first kappa shape index (κ1) is 21.3. The fourth-order valence-electron chi connectivity index (χ4n) is 1.50. The quantitative estimate of drug-likeness (QED) is 0.682. The molecule has 0 fully saturated rings. The zero-order valence-corrected chi connectivity index (χ0v) is 15.2. The SMILES string of the molecule is C=C/C=C(\C=C)CNC(=O)C(C)Oc1ccc(Cl)cc1Cl.CC. The highest BCUT2D eigenvalue weighted by atomic mass is 35.5. The van der Waals surface area contributed by atoms with Gasteiger partial charge in [-0.05, 0) is 30.7 Å². The van der Waals surface area contributed by atoms with E-state index < -0.39 is 6.10 Å². The maximum absolute atomic E-state index is 12.0.